The third-order valence-corrected chi connectivity index (χ3v) is 5.26. The normalized spacial score (nSPS) is 22.7. The number of thioether (sulfide) groups is 1. The van der Waals surface area contributed by atoms with E-state index < -0.39 is 5.54 Å². The number of rotatable bonds is 5. The summed E-state index contributed by atoms with van der Waals surface area (Å²) in [6.07, 6.45) is 3.37. The minimum absolute atomic E-state index is 0.133. The summed E-state index contributed by atoms with van der Waals surface area (Å²) < 4.78 is 0. The number of carbonyl (C=O) groups excluding carboxylic acids is 3. The lowest BCUT2D eigenvalue weighted by Gasteiger charge is -2.29. The molecule has 0 unspecified atom stereocenters. The van der Waals surface area contributed by atoms with Crippen LogP contribution in [-0.4, -0.2) is 63.8 Å². The molecule has 0 aromatic rings. The molecule has 2 aliphatic rings. The van der Waals surface area contributed by atoms with Gasteiger partial charge in [-0.15, -0.1) is 11.8 Å². The van der Waals surface area contributed by atoms with Crippen molar-refractivity contribution in [3.63, 3.8) is 0 Å². The second-order valence-electron chi connectivity index (χ2n) is 6.41. The van der Waals surface area contributed by atoms with Crippen LogP contribution >= 0.6 is 11.8 Å². The molecule has 0 aliphatic carbocycles. The Kier molecular flexibility index (Phi) is 5.36. The first kappa shape index (κ1) is 17.1. The monoisotopic (exact) mass is 327 g/mol. The largest absolute Gasteiger partial charge is 0.342 e. The van der Waals surface area contributed by atoms with Crippen LogP contribution in [0.2, 0.25) is 0 Å². The van der Waals surface area contributed by atoms with Crippen LogP contribution in [0, 0.1) is 0 Å². The van der Waals surface area contributed by atoms with Crippen LogP contribution in [0.15, 0.2) is 0 Å². The number of carbonyl (C=O) groups is 3. The molecule has 2 heterocycles. The molecule has 2 saturated heterocycles. The molecule has 2 fully saturated rings. The lowest BCUT2D eigenvalue weighted by atomic mass is 10.1. The van der Waals surface area contributed by atoms with Gasteiger partial charge < -0.3 is 10.2 Å². The zero-order valence-electron chi connectivity index (χ0n) is 13.6. The highest BCUT2D eigenvalue weighted by atomic mass is 32.2. The predicted molar refractivity (Wildman–Crippen MR) is 86.7 cm³/mol. The van der Waals surface area contributed by atoms with Crippen LogP contribution in [0.5, 0.6) is 0 Å². The number of urea groups is 1. The summed E-state index contributed by atoms with van der Waals surface area (Å²) in [5.41, 5.74) is -0.822. The van der Waals surface area contributed by atoms with Gasteiger partial charge in [0.2, 0.25) is 5.91 Å². The number of nitrogens with one attached hydrogen (secondary N) is 1. The highest BCUT2D eigenvalue weighted by molar-refractivity contribution is 8.00. The predicted octanol–water partition coefficient (Wildman–Crippen LogP) is 1.45. The van der Waals surface area contributed by atoms with Crippen LogP contribution in [0.4, 0.5) is 4.79 Å². The molecule has 22 heavy (non-hydrogen) atoms. The van der Waals surface area contributed by atoms with Crippen LogP contribution in [0.3, 0.4) is 0 Å². The van der Waals surface area contributed by atoms with Crippen molar-refractivity contribution in [2.24, 2.45) is 0 Å². The van der Waals surface area contributed by atoms with Gasteiger partial charge in [0, 0.05) is 25.4 Å². The molecule has 0 saturated carbocycles. The van der Waals surface area contributed by atoms with E-state index in [1.165, 1.54) is 23.1 Å². The topological polar surface area (TPSA) is 69.7 Å². The maximum atomic E-state index is 12.3. The molecule has 6 nitrogen and oxygen atoms in total. The first-order chi connectivity index (χ1) is 10.3. The zero-order chi connectivity index (χ0) is 16.3. The quantitative estimate of drug-likeness (QED) is 0.776. The van der Waals surface area contributed by atoms with Crippen molar-refractivity contribution in [1.29, 1.82) is 0 Å². The number of hydrogen-bond acceptors (Lipinski definition) is 4. The highest BCUT2D eigenvalue weighted by Crippen LogP contribution is 2.20. The van der Waals surface area contributed by atoms with E-state index in [0.29, 0.717) is 12.3 Å². The summed E-state index contributed by atoms with van der Waals surface area (Å²) in [6, 6.07) is -0.342. The van der Waals surface area contributed by atoms with Crippen molar-refractivity contribution in [2.75, 3.05) is 25.4 Å². The van der Waals surface area contributed by atoms with Gasteiger partial charge in [0.05, 0.1) is 5.25 Å². The van der Waals surface area contributed by atoms with Gasteiger partial charge in [0.25, 0.3) is 5.91 Å². The van der Waals surface area contributed by atoms with Crippen molar-refractivity contribution in [3.05, 3.63) is 0 Å². The number of hydrogen-bond donors (Lipinski definition) is 1. The van der Waals surface area contributed by atoms with Gasteiger partial charge in [-0.1, -0.05) is 0 Å². The van der Waals surface area contributed by atoms with E-state index in [1.54, 1.807) is 13.8 Å². The van der Waals surface area contributed by atoms with Gasteiger partial charge in [0.15, 0.2) is 0 Å². The fourth-order valence-corrected chi connectivity index (χ4v) is 3.72. The number of amides is 4. The van der Waals surface area contributed by atoms with Gasteiger partial charge >= 0.3 is 6.03 Å². The van der Waals surface area contributed by atoms with Gasteiger partial charge in [0.1, 0.15) is 5.54 Å². The first-order valence-corrected chi connectivity index (χ1v) is 8.92. The van der Waals surface area contributed by atoms with Crippen molar-refractivity contribution >= 4 is 29.6 Å². The van der Waals surface area contributed by atoms with E-state index in [9.17, 15) is 14.4 Å². The zero-order valence-corrected chi connectivity index (χ0v) is 14.4. The fourth-order valence-electron chi connectivity index (χ4n) is 2.78. The molecule has 0 spiro atoms. The smallest absolute Gasteiger partial charge is 0.325 e. The Labute approximate surface area is 136 Å². The van der Waals surface area contributed by atoms with Gasteiger partial charge in [-0.2, -0.15) is 0 Å². The molecule has 2 aliphatic heterocycles. The molecule has 2 rings (SSSR count). The molecule has 4 amide bonds. The number of likely N-dealkylation sites (tertiary alicyclic amines) is 1. The van der Waals surface area contributed by atoms with E-state index in [2.05, 4.69) is 5.32 Å². The van der Waals surface area contributed by atoms with Crippen molar-refractivity contribution in [2.45, 2.75) is 50.8 Å². The number of imide groups is 1. The van der Waals surface area contributed by atoms with Crippen molar-refractivity contribution in [1.82, 2.24) is 15.1 Å². The number of piperidine rings is 1. The van der Waals surface area contributed by atoms with E-state index in [1.807, 2.05) is 11.8 Å². The minimum atomic E-state index is -0.822. The van der Waals surface area contributed by atoms with Gasteiger partial charge in [-0.3, -0.25) is 14.5 Å². The summed E-state index contributed by atoms with van der Waals surface area (Å²) in [4.78, 5) is 39.3. The summed E-state index contributed by atoms with van der Waals surface area (Å²) in [7, 11) is 0. The third kappa shape index (κ3) is 3.74. The molecule has 0 radical (unpaired) electrons. The third-order valence-electron chi connectivity index (χ3n) is 4.14. The Morgan fingerprint density at radius 1 is 1.27 bits per heavy atom. The van der Waals surface area contributed by atoms with E-state index >= 15 is 0 Å². The van der Waals surface area contributed by atoms with E-state index in [4.69, 9.17) is 0 Å². The molecule has 1 atom stereocenters. The van der Waals surface area contributed by atoms with Crippen LogP contribution in [-0.2, 0) is 9.59 Å². The van der Waals surface area contributed by atoms with Crippen LogP contribution in [0.25, 0.3) is 0 Å². The average molecular weight is 327 g/mol. The molecule has 1 N–H and O–H groups in total. The van der Waals surface area contributed by atoms with Gasteiger partial charge in [-0.25, -0.2) is 4.79 Å². The van der Waals surface area contributed by atoms with Crippen LogP contribution in [0.1, 0.15) is 40.0 Å². The highest BCUT2D eigenvalue weighted by Gasteiger charge is 2.43. The second-order valence-corrected chi connectivity index (χ2v) is 7.86. The van der Waals surface area contributed by atoms with Gasteiger partial charge in [-0.05, 0) is 40.0 Å². The van der Waals surface area contributed by atoms with Crippen LogP contribution < -0.4 is 5.32 Å². The Balaban J connectivity index is 1.77. The second kappa shape index (κ2) is 6.89. The lowest BCUT2D eigenvalue weighted by molar-refractivity contribution is -0.131. The standard InChI is InChI=1S/C15H25N3O3S/c1-11(12(19)17-7-5-4-6-8-17)22-10-9-18-13(20)15(2,3)16-14(18)21/h11H,4-10H2,1-3H3,(H,16,21)/t11-/m1/s1. The van der Waals surface area contributed by atoms with Crippen molar-refractivity contribution in [3.8, 4) is 0 Å². The van der Waals surface area contributed by atoms with Crippen molar-refractivity contribution < 1.29 is 14.4 Å². The maximum Gasteiger partial charge on any atom is 0.325 e. The Bertz CT molecular complexity index is 461. The first-order valence-electron chi connectivity index (χ1n) is 7.87. The molecule has 0 aromatic carbocycles. The van der Waals surface area contributed by atoms with E-state index in [0.717, 1.165) is 25.9 Å². The van der Waals surface area contributed by atoms with E-state index in [-0.39, 0.29) is 23.1 Å². The lowest BCUT2D eigenvalue weighted by Crippen LogP contribution is -2.41. The molecular formula is C15H25N3O3S. The molecule has 7 heteroatoms. The summed E-state index contributed by atoms with van der Waals surface area (Å²) in [6.45, 7) is 7.34. The maximum absolute atomic E-state index is 12.3. The molecular weight excluding hydrogens is 302 g/mol. The average Bonchev–Trinajstić information content (AvgIpc) is 2.68. The Hall–Kier alpha value is -1.24. The molecule has 124 valence electrons. The Morgan fingerprint density at radius 2 is 1.91 bits per heavy atom. The summed E-state index contributed by atoms with van der Waals surface area (Å²) in [5.74, 6) is 0.547. The molecule has 0 bridgehead atoms. The summed E-state index contributed by atoms with van der Waals surface area (Å²) in [5, 5.41) is 2.53. The SMILES string of the molecule is C[C@@H](SCCN1C(=O)NC(C)(C)C1=O)C(=O)N1CCCCC1. The summed E-state index contributed by atoms with van der Waals surface area (Å²) >= 11 is 1.50. The number of nitrogens with zero attached hydrogens (tertiary/aromatic N) is 2. The fraction of sp³-hybridized carbons (Fsp3) is 0.800. The Morgan fingerprint density at radius 3 is 2.45 bits per heavy atom. The minimum Gasteiger partial charge on any atom is -0.342 e. The molecule has 0 aromatic heterocycles.